The molecule has 0 bridgehead atoms. The number of hydrogen-bond acceptors (Lipinski definition) is 8. The first kappa shape index (κ1) is 16.3. The first-order chi connectivity index (χ1) is 9.39. The number of aromatic nitrogens is 4. The summed E-state index contributed by atoms with van der Waals surface area (Å²) in [6.07, 6.45) is 1.52. The third kappa shape index (κ3) is 2.68. The summed E-state index contributed by atoms with van der Waals surface area (Å²) in [7, 11) is -4.81. The molecule has 0 radical (unpaired) electrons. The van der Waals surface area contributed by atoms with Gasteiger partial charge in [0.1, 0.15) is 18.9 Å². The van der Waals surface area contributed by atoms with Crippen LogP contribution in [0.1, 0.15) is 6.42 Å². The smallest absolute Gasteiger partial charge is 0.731 e. The minimum absolute atomic E-state index is 0. The van der Waals surface area contributed by atoms with Crippen molar-refractivity contribution in [2.45, 2.75) is 25.0 Å². The molecule has 2 aliphatic heterocycles. The molecular weight excluding hydrogens is 315 g/mol. The molecule has 3 heterocycles. The second-order valence-corrected chi connectivity index (χ2v) is 5.74. The maximum atomic E-state index is 12.0. The zero-order valence-electron chi connectivity index (χ0n) is 11.0. The number of nitrogens with zero attached hydrogens (tertiary/aromatic N) is 6. The second-order valence-electron chi connectivity index (χ2n) is 4.49. The second kappa shape index (κ2) is 5.61. The van der Waals surface area contributed by atoms with Crippen LogP contribution in [0.25, 0.3) is 0 Å². The topological polar surface area (TPSA) is 141 Å². The molecule has 2 amide bonds. The minimum atomic E-state index is -4.81. The molecule has 2 aliphatic rings. The number of fused-ring (bicyclic) bond motifs is 1. The molecule has 0 N–H and O–H groups in total. The summed E-state index contributed by atoms with van der Waals surface area (Å²) in [6, 6.07) is -1.62. The van der Waals surface area contributed by atoms with Gasteiger partial charge >= 0.3 is 29.6 Å². The van der Waals surface area contributed by atoms with E-state index in [2.05, 4.69) is 15.5 Å². The van der Waals surface area contributed by atoms with Gasteiger partial charge in [-0.1, -0.05) is 0 Å². The van der Waals surface area contributed by atoms with Crippen LogP contribution in [0, 0.1) is 0 Å². The third-order valence-electron chi connectivity index (χ3n) is 3.39. The predicted octanol–water partition coefficient (Wildman–Crippen LogP) is -6.05. The van der Waals surface area contributed by atoms with Crippen LogP contribution < -0.4 is 29.6 Å². The number of tetrazole rings is 1. The standard InChI is InChI=1S/C8H10N6O5S.Na/c15-6(3-12-4-9-10-11-12)13-2-1-5-7(13)8(16)14(5)20(17,18)19;/h4-5,7H,1-3H2,(H,17,18,19);/q;+1/p-1/t5-,7+;/m1./s1. The van der Waals surface area contributed by atoms with E-state index in [1.165, 1.54) is 15.9 Å². The molecule has 3 rings (SSSR count). The fourth-order valence-corrected chi connectivity index (χ4v) is 3.45. The van der Waals surface area contributed by atoms with Crippen molar-refractivity contribution in [3.05, 3.63) is 6.33 Å². The monoisotopic (exact) mass is 324 g/mol. The summed E-state index contributed by atoms with van der Waals surface area (Å²) in [5.41, 5.74) is 0. The molecule has 11 nitrogen and oxygen atoms in total. The third-order valence-corrected chi connectivity index (χ3v) is 4.32. The van der Waals surface area contributed by atoms with Crippen LogP contribution in [0.5, 0.6) is 0 Å². The quantitative estimate of drug-likeness (QED) is 0.304. The van der Waals surface area contributed by atoms with Crippen molar-refractivity contribution in [3.63, 3.8) is 0 Å². The van der Waals surface area contributed by atoms with Crippen molar-refractivity contribution >= 4 is 22.1 Å². The van der Waals surface area contributed by atoms with Crippen molar-refractivity contribution in [2.75, 3.05) is 6.54 Å². The van der Waals surface area contributed by atoms with Crippen molar-refractivity contribution in [1.29, 1.82) is 0 Å². The fourth-order valence-electron chi connectivity index (χ4n) is 2.57. The van der Waals surface area contributed by atoms with Crippen LogP contribution in [0.15, 0.2) is 6.33 Å². The van der Waals surface area contributed by atoms with E-state index in [-0.39, 0.29) is 49.1 Å². The number of β-lactam (4-membered cyclic amide) rings is 1. The van der Waals surface area contributed by atoms with Crippen LogP contribution in [0.3, 0.4) is 0 Å². The number of likely N-dealkylation sites (tertiary alicyclic amines) is 1. The van der Waals surface area contributed by atoms with E-state index in [4.69, 9.17) is 0 Å². The average molecular weight is 324 g/mol. The molecule has 1 aromatic rings. The van der Waals surface area contributed by atoms with Gasteiger partial charge in [-0.25, -0.2) is 17.4 Å². The SMILES string of the molecule is O=C(Cn1cnnn1)N1CC[C@@H]2[C@H]1C(=O)N2S(=O)(=O)[O-].[Na+]. The number of carbonyl (C=O) groups is 2. The summed E-state index contributed by atoms with van der Waals surface area (Å²) in [5.74, 6) is -1.26. The van der Waals surface area contributed by atoms with E-state index in [0.717, 1.165) is 0 Å². The largest absolute Gasteiger partial charge is 1.00 e. The van der Waals surface area contributed by atoms with Crippen molar-refractivity contribution in [1.82, 2.24) is 29.4 Å². The van der Waals surface area contributed by atoms with Gasteiger partial charge in [-0.2, -0.15) is 0 Å². The van der Waals surface area contributed by atoms with Gasteiger partial charge in [-0.3, -0.25) is 9.59 Å². The van der Waals surface area contributed by atoms with Gasteiger partial charge in [0.25, 0.3) is 5.91 Å². The van der Waals surface area contributed by atoms with Crippen molar-refractivity contribution in [3.8, 4) is 0 Å². The summed E-state index contributed by atoms with van der Waals surface area (Å²) >= 11 is 0. The Morgan fingerprint density at radius 2 is 2.19 bits per heavy atom. The fraction of sp³-hybridized carbons (Fsp3) is 0.625. The Kier molecular flexibility index (Phi) is 4.35. The van der Waals surface area contributed by atoms with Crippen LogP contribution >= 0.6 is 0 Å². The van der Waals surface area contributed by atoms with Gasteiger partial charge in [0.15, 0.2) is 10.3 Å². The minimum Gasteiger partial charge on any atom is -0.731 e. The van der Waals surface area contributed by atoms with Gasteiger partial charge in [0.05, 0.1) is 6.04 Å². The number of rotatable bonds is 3. The Morgan fingerprint density at radius 1 is 1.48 bits per heavy atom. The molecule has 21 heavy (non-hydrogen) atoms. The molecule has 1 aromatic heterocycles. The first-order valence-electron chi connectivity index (χ1n) is 5.69. The number of amides is 2. The molecule has 0 aromatic carbocycles. The Bertz CT molecular complexity index is 663. The Hall–Kier alpha value is -1.08. The zero-order chi connectivity index (χ0) is 14.5. The zero-order valence-corrected chi connectivity index (χ0v) is 13.8. The van der Waals surface area contributed by atoms with Crippen LogP contribution in [0.2, 0.25) is 0 Å². The Labute approximate surface area is 141 Å². The van der Waals surface area contributed by atoms with E-state index >= 15 is 0 Å². The normalized spacial score (nSPS) is 24.3. The summed E-state index contributed by atoms with van der Waals surface area (Å²) in [4.78, 5) is 25.0. The summed E-state index contributed by atoms with van der Waals surface area (Å²) in [5, 5.41) is 10.3. The Morgan fingerprint density at radius 3 is 2.76 bits per heavy atom. The van der Waals surface area contributed by atoms with E-state index in [9.17, 15) is 22.6 Å². The average Bonchev–Trinajstić information content (AvgIpc) is 2.93. The number of carbonyl (C=O) groups excluding carboxylic acids is 2. The first-order valence-corrected chi connectivity index (χ1v) is 7.05. The Balaban J connectivity index is 0.00000161. The molecular formula is C8H9N6NaO5S. The van der Waals surface area contributed by atoms with Crippen molar-refractivity contribution in [2.24, 2.45) is 0 Å². The summed E-state index contributed by atoms with van der Waals surface area (Å²) in [6.45, 7) is 0.0711. The van der Waals surface area contributed by atoms with Crippen LogP contribution in [-0.4, -0.2) is 72.8 Å². The number of hydrogen-bond donors (Lipinski definition) is 0. The van der Waals surface area contributed by atoms with Gasteiger partial charge in [0.2, 0.25) is 5.91 Å². The van der Waals surface area contributed by atoms with Gasteiger partial charge < -0.3 is 9.45 Å². The maximum Gasteiger partial charge on any atom is 1.00 e. The molecule has 2 atom stereocenters. The van der Waals surface area contributed by atoms with Crippen LogP contribution in [0.4, 0.5) is 0 Å². The maximum absolute atomic E-state index is 12.0. The molecule has 13 heteroatoms. The van der Waals surface area contributed by atoms with Gasteiger partial charge in [0, 0.05) is 6.54 Å². The van der Waals surface area contributed by atoms with Gasteiger partial charge in [-0.05, 0) is 16.8 Å². The van der Waals surface area contributed by atoms with Gasteiger partial charge in [-0.15, -0.1) is 5.10 Å². The molecule has 2 saturated heterocycles. The van der Waals surface area contributed by atoms with E-state index in [1.54, 1.807) is 0 Å². The van der Waals surface area contributed by atoms with E-state index in [1.807, 2.05) is 0 Å². The molecule has 0 aliphatic carbocycles. The molecule has 0 saturated carbocycles. The summed E-state index contributed by atoms with van der Waals surface area (Å²) < 4.78 is 34.2. The van der Waals surface area contributed by atoms with Crippen LogP contribution in [-0.2, 0) is 26.4 Å². The van der Waals surface area contributed by atoms with E-state index < -0.39 is 34.2 Å². The molecule has 0 spiro atoms. The van der Waals surface area contributed by atoms with Crippen molar-refractivity contribution < 1.29 is 52.1 Å². The molecule has 0 unspecified atom stereocenters. The predicted molar refractivity (Wildman–Crippen MR) is 58.3 cm³/mol. The van der Waals surface area contributed by atoms with E-state index in [0.29, 0.717) is 4.31 Å². The molecule has 2 fully saturated rings. The molecule has 108 valence electrons.